The Kier molecular flexibility index (Phi) is 5.69. The summed E-state index contributed by atoms with van der Waals surface area (Å²) >= 11 is 0. The highest BCUT2D eigenvalue weighted by Gasteiger charge is 2.30. The first-order valence-corrected chi connectivity index (χ1v) is 9.74. The predicted molar refractivity (Wildman–Crippen MR) is 108 cm³/mol. The van der Waals surface area contributed by atoms with Crippen LogP contribution in [0.4, 0.5) is 4.79 Å². The number of carbonyl (C=O) groups is 1. The van der Waals surface area contributed by atoms with Gasteiger partial charge in [0.25, 0.3) is 0 Å². The predicted octanol–water partition coefficient (Wildman–Crippen LogP) is 3.31. The average molecular weight is 392 g/mol. The fourth-order valence-corrected chi connectivity index (χ4v) is 3.53. The number of H-pyrrole nitrogens is 1. The van der Waals surface area contributed by atoms with Gasteiger partial charge >= 0.3 is 6.03 Å². The Balaban J connectivity index is 1.44. The lowest BCUT2D eigenvalue weighted by Gasteiger charge is -2.34. The highest BCUT2D eigenvalue weighted by Crippen LogP contribution is 2.29. The lowest BCUT2D eigenvalue weighted by atomic mass is 10.0. The van der Waals surface area contributed by atoms with Crippen molar-refractivity contribution in [1.82, 2.24) is 30.4 Å². The van der Waals surface area contributed by atoms with E-state index in [1.807, 2.05) is 41.3 Å². The molecule has 0 aliphatic carbocycles. The number of aromatic amines is 1. The number of pyridine rings is 1. The van der Waals surface area contributed by atoms with Gasteiger partial charge in [-0.2, -0.15) is 5.10 Å². The van der Waals surface area contributed by atoms with Crippen LogP contribution in [0, 0.1) is 0 Å². The summed E-state index contributed by atoms with van der Waals surface area (Å²) in [4.78, 5) is 23.4. The Morgan fingerprint density at radius 3 is 2.76 bits per heavy atom. The van der Waals surface area contributed by atoms with E-state index in [1.165, 1.54) is 0 Å². The number of benzene rings is 1. The zero-order valence-electron chi connectivity index (χ0n) is 16.3. The summed E-state index contributed by atoms with van der Waals surface area (Å²) in [5, 5.41) is 10.4. The molecule has 1 unspecified atom stereocenters. The molecule has 2 amide bonds. The summed E-state index contributed by atoms with van der Waals surface area (Å²) in [6, 6.07) is 11.2. The highest BCUT2D eigenvalue weighted by atomic mass is 16.5. The number of rotatable bonds is 5. The van der Waals surface area contributed by atoms with Gasteiger partial charge in [0.1, 0.15) is 11.6 Å². The summed E-state index contributed by atoms with van der Waals surface area (Å²) in [6.07, 6.45) is 6.33. The van der Waals surface area contributed by atoms with E-state index >= 15 is 0 Å². The van der Waals surface area contributed by atoms with E-state index in [9.17, 15) is 4.79 Å². The number of amides is 2. The smallest absolute Gasteiger partial charge is 0.318 e. The van der Waals surface area contributed by atoms with Crippen LogP contribution in [0.5, 0.6) is 5.75 Å². The zero-order chi connectivity index (χ0) is 20.1. The Labute approximate surface area is 169 Å². The number of nitrogens with one attached hydrogen (secondary N) is 2. The first kappa shape index (κ1) is 18.9. The lowest BCUT2D eigenvalue weighted by Crippen LogP contribution is -2.44. The van der Waals surface area contributed by atoms with Gasteiger partial charge in [0.05, 0.1) is 13.2 Å². The summed E-state index contributed by atoms with van der Waals surface area (Å²) < 4.78 is 5.17. The number of hydrogen-bond acceptors (Lipinski definition) is 5. The number of methoxy groups -OCH3 is 1. The first-order chi connectivity index (χ1) is 14.2. The Morgan fingerprint density at radius 1 is 1.21 bits per heavy atom. The Morgan fingerprint density at radius 2 is 2.00 bits per heavy atom. The van der Waals surface area contributed by atoms with Crippen LogP contribution in [0.3, 0.4) is 0 Å². The van der Waals surface area contributed by atoms with Gasteiger partial charge in [-0.15, -0.1) is 0 Å². The van der Waals surface area contributed by atoms with Crippen LogP contribution in [-0.4, -0.2) is 44.8 Å². The monoisotopic (exact) mass is 392 g/mol. The fraction of sp³-hybridized carbons (Fsp3) is 0.333. The number of ether oxygens (including phenoxy) is 1. The van der Waals surface area contributed by atoms with E-state index < -0.39 is 0 Å². The molecule has 1 saturated heterocycles. The molecule has 1 aromatic carbocycles. The molecule has 1 aliphatic rings. The topological polar surface area (TPSA) is 96.0 Å². The van der Waals surface area contributed by atoms with E-state index in [2.05, 4.69) is 25.5 Å². The maximum absolute atomic E-state index is 12.9. The summed E-state index contributed by atoms with van der Waals surface area (Å²) in [5.74, 6) is 2.13. The second-order valence-corrected chi connectivity index (χ2v) is 6.99. The van der Waals surface area contributed by atoms with Crippen LogP contribution in [0.25, 0.3) is 11.4 Å². The molecule has 0 bridgehead atoms. The minimum absolute atomic E-state index is 0.0904. The lowest BCUT2D eigenvalue weighted by molar-refractivity contribution is 0.147. The molecule has 2 N–H and O–H groups in total. The number of nitrogens with zero attached hydrogens (tertiary/aromatic N) is 4. The Bertz CT molecular complexity index is 941. The van der Waals surface area contributed by atoms with Crippen LogP contribution in [-0.2, 0) is 6.54 Å². The van der Waals surface area contributed by atoms with Crippen LogP contribution < -0.4 is 10.1 Å². The maximum atomic E-state index is 12.9. The number of urea groups is 1. The summed E-state index contributed by atoms with van der Waals surface area (Å²) in [7, 11) is 1.64. The second-order valence-electron chi connectivity index (χ2n) is 6.99. The van der Waals surface area contributed by atoms with E-state index in [4.69, 9.17) is 4.74 Å². The minimum atomic E-state index is -0.109. The third kappa shape index (κ3) is 4.37. The molecular weight excluding hydrogens is 368 g/mol. The van der Waals surface area contributed by atoms with Crippen molar-refractivity contribution in [3.63, 3.8) is 0 Å². The third-order valence-electron chi connectivity index (χ3n) is 5.12. The van der Waals surface area contributed by atoms with Crippen LogP contribution in [0.1, 0.15) is 36.7 Å². The average Bonchev–Trinajstić information content (AvgIpc) is 3.28. The van der Waals surface area contributed by atoms with Gasteiger partial charge in [0.15, 0.2) is 5.82 Å². The van der Waals surface area contributed by atoms with Crippen molar-refractivity contribution >= 4 is 6.03 Å². The van der Waals surface area contributed by atoms with Crippen molar-refractivity contribution in [2.75, 3.05) is 13.7 Å². The van der Waals surface area contributed by atoms with Gasteiger partial charge in [-0.25, -0.2) is 9.78 Å². The van der Waals surface area contributed by atoms with E-state index in [0.29, 0.717) is 18.9 Å². The van der Waals surface area contributed by atoms with Crippen molar-refractivity contribution in [2.24, 2.45) is 0 Å². The normalized spacial score (nSPS) is 16.4. The molecule has 8 heteroatoms. The molecular formula is C21H24N6O2. The van der Waals surface area contributed by atoms with E-state index in [-0.39, 0.29) is 12.1 Å². The van der Waals surface area contributed by atoms with Crippen molar-refractivity contribution in [1.29, 1.82) is 0 Å². The van der Waals surface area contributed by atoms with E-state index in [0.717, 1.165) is 42.0 Å². The third-order valence-corrected chi connectivity index (χ3v) is 5.12. The minimum Gasteiger partial charge on any atom is -0.497 e. The van der Waals surface area contributed by atoms with Crippen LogP contribution in [0.2, 0.25) is 0 Å². The van der Waals surface area contributed by atoms with Crippen LogP contribution in [0.15, 0.2) is 48.8 Å². The molecule has 1 atom stereocenters. The number of aromatic nitrogens is 4. The molecule has 0 saturated carbocycles. The summed E-state index contributed by atoms with van der Waals surface area (Å²) in [5.41, 5.74) is 1.92. The quantitative estimate of drug-likeness (QED) is 0.694. The molecule has 1 fully saturated rings. The van der Waals surface area contributed by atoms with Gasteiger partial charge < -0.3 is 15.0 Å². The van der Waals surface area contributed by atoms with Gasteiger partial charge in [0.2, 0.25) is 0 Å². The van der Waals surface area contributed by atoms with Crippen molar-refractivity contribution in [2.45, 2.75) is 31.8 Å². The Hall–Kier alpha value is -3.42. The largest absolute Gasteiger partial charge is 0.497 e. The van der Waals surface area contributed by atoms with Gasteiger partial charge in [0, 0.05) is 31.0 Å². The number of hydrogen-bond donors (Lipinski definition) is 2. The molecule has 4 rings (SSSR count). The SMILES string of the molecule is COc1ccc(CNC(=O)N2CCCCC2c2nc(-c3ccncc3)n[nH]2)cc1. The molecule has 3 heterocycles. The molecule has 0 radical (unpaired) electrons. The first-order valence-electron chi connectivity index (χ1n) is 9.74. The number of carbonyl (C=O) groups excluding carboxylic acids is 1. The molecule has 3 aromatic rings. The van der Waals surface area contributed by atoms with E-state index in [1.54, 1.807) is 19.5 Å². The maximum Gasteiger partial charge on any atom is 0.318 e. The van der Waals surface area contributed by atoms with Gasteiger partial charge in [-0.1, -0.05) is 12.1 Å². The molecule has 2 aromatic heterocycles. The van der Waals surface area contributed by atoms with Crippen molar-refractivity contribution in [3.05, 3.63) is 60.2 Å². The molecule has 150 valence electrons. The molecule has 1 aliphatic heterocycles. The zero-order valence-corrected chi connectivity index (χ0v) is 16.3. The molecule has 29 heavy (non-hydrogen) atoms. The van der Waals surface area contributed by atoms with Gasteiger partial charge in [-0.3, -0.25) is 10.1 Å². The van der Waals surface area contributed by atoms with Crippen molar-refractivity contribution < 1.29 is 9.53 Å². The van der Waals surface area contributed by atoms with Crippen LogP contribution >= 0.6 is 0 Å². The fourth-order valence-electron chi connectivity index (χ4n) is 3.53. The van der Waals surface area contributed by atoms with Gasteiger partial charge in [-0.05, 0) is 49.1 Å². The number of piperidine rings is 1. The molecule has 8 nitrogen and oxygen atoms in total. The molecule has 0 spiro atoms. The number of likely N-dealkylation sites (tertiary alicyclic amines) is 1. The second kappa shape index (κ2) is 8.72. The highest BCUT2D eigenvalue weighted by molar-refractivity contribution is 5.74. The summed E-state index contributed by atoms with van der Waals surface area (Å²) in [6.45, 7) is 1.16. The van der Waals surface area contributed by atoms with Crippen molar-refractivity contribution in [3.8, 4) is 17.1 Å². The standard InChI is InChI=1S/C21H24N6O2/c1-29-17-7-5-15(6-8-17)14-23-21(28)27-13-3-2-4-18(27)20-24-19(25-26-20)16-9-11-22-12-10-16/h5-12,18H,2-4,13-14H2,1H3,(H,23,28)(H,24,25,26).